The van der Waals surface area contributed by atoms with Crippen molar-refractivity contribution in [3.63, 3.8) is 0 Å². The first-order chi connectivity index (χ1) is 11.1. The van der Waals surface area contributed by atoms with E-state index < -0.39 is 0 Å². The molecule has 23 heavy (non-hydrogen) atoms. The van der Waals surface area contributed by atoms with Gasteiger partial charge in [0.2, 0.25) is 5.91 Å². The maximum absolute atomic E-state index is 12.1. The highest BCUT2D eigenvalue weighted by Crippen LogP contribution is 2.20. The minimum atomic E-state index is 0.0549. The standard InChI is InChI=1S/C19H19N3O/c1-14(2)17-12-19(23)22(21-17)18-11-10-16(13-20-18)9-8-15-6-4-3-5-7-15/h3-7,10-11,13-14,17,21H,12H2,1-2H3. The van der Waals surface area contributed by atoms with Gasteiger partial charge in [-0.3, -0.25) is 4.79 Å². The normalized spacial score (nSPS) is 17.3. The summed E-state index contributed by atoms with van der Waals surface area (Å²) in [5.74, 6) is 7.25. The molecule has 1 aromatic heterocycles. The third-order valence-electron chi connectivity index (χ3n) is 3.85. The Labute approximate surface area is 136 Å². The van der Waals surface area contributed by atoms with Crippen LogP contribution >= 0.6 is 0 Å². The Hall–Kier alpha value is -2.64. The highest BCUT2D eigenvalue weighted by molar-refractivity contribution is 5.94. The molecule has 1 unspecified atom stereocenters. The Morgan fingerprint density at radius 2 is 1.87 bits per heavy atom. The highest BCUT2D eigenvalue weighted by atomic mass is 16.2. The fourth-order valence-electron chi connectivity index (χ4n) is 2.40. The van der Waals surface area contributed by atoms with Crippen LogP contribution in [0.4, 0.5) is 5.82 Å². The number of amides is 1. The van der Waals surface area contributed by atoms with Crippen molar-refractivity contribution in [2.45, 2.75) is 26.3 Å². The van der Waals surface area contributed by atoms with Crippen LogP contribution in [0.1, 0.15) is 31.4 Å². The van der Waals surface area contributed by atoms with Gasteiger partial charge in [-0.25, -0.2) is 15.4 Å². The molecule has 1 fully saturated rings. The zero-order valence-corrected chi connectivity index (χ0v) is 13.3. The first-order valence-electron chi connectivity index (χ1n) is 7.76. The average Bonchev–Trinajstić information content (AvgIpc) is 2.97. The summed E-state index contributed by atoms with van der Waals surface area (Å²) in [6.45, 7) is 4.20. The monoisotopic (exact) mass is 305 g/mol. The summed E-state index contributed by atoms with van der Waals surface area (Å²) in [6, 6.07) is 13.7. The number of anilines is 1. The molecule has 2 aromatic rings. The predicted molar refractivity (Wildman–Crippen MR) is 90.5 cm³/mol. The molecule has 1 saturated heterocycles. The number of hydrogen-bond donors (Lipinski definition) is 1. The van der Waals surface area contributed by atoms with E-state index in [1.807, 2.05) is 42.5 Å². The summed E-state index contributed by atoms with van der Waals surface area (Å²) in [5, 5.41) is 1.54. The molecular weight excluding hydrogens is 286 g/mol. The third-order valence-corrected chi connectivity index (χ3v) is 3.85. The number of aromatic nitrogens is 1. The lowest BCUT2D eigenvalue weighted by atomic mass is 10.0. The zero-order chi connectivity index (χ0) is 16.2. The Balaban J connectivity index is 1.73. The van der Waals surface area contributed by atoms with Crippen molar-refractivity contribution in [1.82, 2.24) is 10.4 Å². The van der Waals surface area contributed by atoms with E-state index in [0.29, 0.717) is 18.2 Å². The lowest BCUT2D eigenvalue weighted by Crippen LogP contribution is -2.39. The summed E-state index contributed by atoms with van der Waals surface area (Å²) < 4.78 is 0. The summed E-state index contributed by atoms with van der Waals surface area (Å²) in [6.07, 6.45) is 2.21. The van der Waals surface area contributed by atoms with Gasteiger partial charge in [0.15, 0.2) is 0 Å². The van der Waals surface area contributed by atoms with E-state index in [4.69, 9.17) is 0 Å². The first-order valence-corrected chi connectivity index (χ1v) is 7.76. The molecule has 2 heterocycles. The van der Waals surface area contributed by atoms with E-state index in [-0.39, 0.29) is 11.9 Å². The lowest BCUT2D eigenvalue weighted by molar-refractivity contribution is -0.117. The van der Waals surface area contributed by atoms with Crippen LogP contribution in [0.15, 0.2) is 48.7 Å². The molecule has 116 valence electrons. The Morgan fingerprint density at radius 3 is 2.48 bits per heavy atom. The van der Waals surface area contributed by atoms with E-state index in [2.05, 4.69) is 36.1 Å². The first kappa shape index (κ1) is 15.3. The van der Waals surface area contributed by atoms with Gasteiger partial charge in [0.05, 0.1) is 0 Å². The topological polar surface area (TPSA) is 45.2 Å². The van der Waals surface area contributed by atoms with Crippen molar-refractivity contribution in [2.24, 2.45) is 5.92 Å². The Kier molecular flexibility index (Phi) is 4.40. The van der Waals surface area contributed by atoms with Crippen LogP contribution in [-0.2, 0) is 4.79 Å². The average molecular weight is 305 g/mol. The van der Waals surface area contributed by atoms with Crippen molar-refractivity contribution < 1.29 is 4.79 Å². The van der Waals surface area contributed by atoms with Gasteiger partial charge in [-0.2, -0.15) is 0 Å². The molecule has 0 radical (unpaired) electrons. The molecule has 0 bridgehead atoms. The maximum Gasteiger partial charge on any atom is 0.244 e. The number of hydrogen-bond acceptors (Lipinski definition) is 3. The van der Waals surface area contributed by atoms with Crippen molar-refractivity contribution in [3.8, 4) is 11.8 Å². The smallest absolute Gasteiger partial charge is 0.244 e. The number of pyridine rings is 1. The maximum atomic E-state index is 12.1. The number of hydrazine groups is 1. The molecule has 0 spiro atoms. The molecule has 0 saturated carbocycles. The SMILES string of the molecule is CC(C)C1CC(=O)N(c2ccc(C#Cc3ccccc3)cn2)N1. The van der Waals surface area contributed by atoms with Crippen LogP contribution in [0.3, 0.4) is 0 Å². The second-order valence-corrected chi connectivity index (χ2v) is 5.93. The number of nitrogens with zero attached hydrogens (tertiary/aromatic N) is 2. The second-order valence-electron chi connectivity index (χ2n) is 5.93. The number of carbonyl (C=O) groups excluding carboxylic acids is 1. The van der Waals surface area contributed by atoms with Gasteiger partial charge in [0.1, 0.15) is 5.82 Å². The molecule has 0 aliphatic carbocycles. The number of benzene rings is 1. The predicted octanol–water partition coefficient (Wildman–Crippen LogP) is 2.75. The minimum Gasteiger partial charge on any atom is -0.273 e. The van der Waals surface area contributed by atoms with Gasteiger partial charge in [-0.1, -0.05) is 43.9 Å². The second kappa shape index (κ2) is 6.64. The van der Waals surface area contributed by atoms with Crippen LogP contribution in [-0.4, -0.2) is 16.9 Å². The molecule has 1 amide bonds. The molecule has 1 aromatic carbocycles. The quantitative estimate of drug-likeness (QED) is 0.868. The number of carbonyl (C=O) groups is 1. The summed E-state index contributed by atoms with van der Waals surface area (Å²) >= 11 is 0. The number of rotatable bonds is 2. The van der Waals surface area contributed by atoms with E-state index in [1.165, 1.54) is 0 Å². The fourth-order valence-corrected chi connectivity index (χ4v) is 2.40. The molecule has 1 N–H and O–H groups in total. The molecule has 3 rings (SSSR count). The van der Waals surface area contributed by atoms with Gasteiger partial charge >= 0.3 is 0 Å². The van der Waals surface area contributed by atoms with Crippen molar-refractivity contribution >= 4 is 11.7 Å². The lowest BCUT2D eigenvalue weighted by Gasteiger charge is -2.18. The molecule has 1 aliphatic rings. The molecule has 1 atom stereocenters. The minimum absolute atomic E-state index is 0.0549. The summed E-state index contributed by atoms with van der Waals surface area (Å²) in [5.41, 5.74) is 5.01. The van der Waals surface area contributed by atoms with Crippen LogP contribution in [0.2, 0.25) is 0 Å². The summed E-state index contributed by atoms with van der Waals surface area (Å²) in [7, 11) is 0. The molecule has 1 aliphatic heterocycles. The van der Waals surface area contributed by atoms with Crippen molar-refractivity contribution in [2.75, 3.05) is 5.01 Å². The van der Waals surface area contributed by atoms with Crippen LogP contribution in [0.25, 0.3) is 0 Å². The van der Waals surface area contributed by atoms with E-state index in [0.717, 1.165) is 11.1 Å². The zero-order valence-electron chi connectivity index (χ0n) is 13.3. The van der Waals surface area contributed by atoms with Gasteiger partial charge < -0.3 is 0 Å². The summed E-state index contributed by atoms with van der Waals surface area (Å²) in [4.78, 5) is 16.4. The van der Waals surface area contributed by atoms with Gasteiger partial charge in [-0.05, 0) is 30.2 Å². The number of nitrogens with one attached hydrogen (secondary N) is 1. The fraction of sp³-hybridized carbons (Fsp3) is 0.263. The van der Waals surface area contributed by atoms with Crippen LogP contribution in [0.5, 0.6) is 0 Å². The van der Waals surface area contributed by atoms with Crippen LogP contribution < -0.4 is 10.4 Å². The Morgan fingerprint density at radius 1 is 1.13 bits per heavy atom. The molecule has 4 heteroatoms. The molecule has 4 nitrogen and oxygen atoms in total. The van der Waals surface area contributed by atoms with Crippen LogP contribution in [0, 0.1) is 17.8 Å². The van der Waals surface area contributed by atoms with Gasteiger partial charge in [0.25, 0.3) is 0 Å². The van der Waals surface area contributed by atoms with E-state index >= 15 is 0 Å². The van der Waals surface area contributed by atoms with E-state index in [9.17, 15) is 4.79 Å². The van der Waals surface area contributed by atoms with Gasteiger partial charge in [0, 0.05) is 29.8 Å². The van der Waals surface area contributed by atoms with Crippen molar-refractivity contribution in [1.29, 1.82) is 0 Å². The largest absolute Gasteiger partial charge is 0.273 e. The molecular formula is C19H19N3O. The van der Waals surface area contributed by atoms with Gasteiger partial charge in [-0.15, -0.1) is 0 Å². The van der Waals surface area contributed by atoms with Crippen molar-refractivity contribution in [3.05, 3.63) is 59.8 Å². The van der Waals surface area contributed by atoms with E-state index in [1.54, 1.807) is 11.2 Å². The highest BCUT2D eigenvalue weighted by Gasteiger charge is 2.32. The third kappa shape index (κ3) is 3.58. The Bertz CT molecular complexity index is 742.